The Morgan fingerprint density at radius 2 is 1.80 bits per heavy atom. The quantitative estimate of drug-likeness (QED) is 0.529. The van der Waals surface area contributed by atoms with Crippen molar-refractivity contribution in [1.29, 1.82) is 0 Å². The molecule has 10 heavy (non-hydrogen) atoms. The van der Waals surface area contributed by atoms with Crippen LogP contribution >= 0.6 is 0 Å². The molecule has 0 unspecified atom stereocenters. The minimum absolute atomic E-state index is 0.0556. The lowest BCUT2D eigenvalue weighted by atomic mass is 9.82. The number of nitrogens with two attached hydrogens (primary N) is 2. The summed E-state index contributed by atoms with van der Waals surface area (Å²) in [7, 11) is 0. The summed E-state index contributed by atoms with van der Waals surface area (Å²) < 4.78 is 0. The summed E-state index contributed by atoms with van der Waals surface area (Å²) in [5, 5.41) is 0. The van der Waals surface area contributed by atoms with Gasteiger partial charge in [-0.15, -0.1) is 0 Å². The monoisotopic (exact) mass is 140 g/mol. The molecule has 0 amide bonds. The van der Waals surface area contributed by atoms with Crippen LogP contribution in [-0.4, -0.2) is 6.17 Å². The van der Waals surface area contributed by atoms with Crippen molar-refractivity contribution >= 4 is 0 Å². The second kappa shape index (κ2) is 1.95. The summed E-state index contributed by atoms with van der Waals surface area (Å²) in [5.74, 6) is 0.967. The summed E-state index contributed by atoms with van der Waals surface area (Å²) in [6.45, 7) is 0. The van der Waals surface area contributed by atoms with Crippen LogP contribution in [0.1, 0.15) is 32.1 Å². The third kappa shape index (κ3) is 0.722. The minimum Gasteiger partial charge on any atom is -0.316 e. The highest BCUT2D eigenvalue weighted by Gasteiger charge is 2.47. The third-order valence-corrected chi connectivity index (χ3v) is 3.50. The predicted octanol–water partition coefficient (Wildman–Crippen LogP) is 0.810. The van der Waals surface area contributed by atoms with Gasteiger partial charge >= 0.3 is 0 Å². The van der Waals surface area contributed by atoms with Crippen molar-refractivity contribution in [3.63, 3.8) is 0 Å². The molecule has 0 atom stereocenters. The van der Waals surface area contributed by atoms with Crippen molar-refractivity contribution in [1.82, 2.24) is 0 Å². The fourth-order valence-corrected chi connectivity index (χ4v) is 2.71. The number of rotatable bonds is 1. The lowest BCUT2D eigenvalue weighted by molar-refractivity contribution is 0.235. The van der Waals surface area contributed by atoms with Gasteiger partial charge in [0.15, 0.2) is 0 Å². The number of hydrogen-bond donors (Lipinski definition) is 2. The van der Waals surface area contributed by atoms with Crippen LogP contribution in [0.25, 0.3) is 0 Å². The zero-order chi connectivity index (χ0) is 7.19. The van der Waals surface area contributed by atoms with E-state index in [1.807, 2.05) is 0 Å². The first-order valence-corrected chi connectivity index (χ1v) is 4.24. The van der Waals surface area contributed by atoms with E-state index in [1.165, 1.54) is 32.1 Å². The molecule has 0 aromatic heterocycles. The maximum absolute atomic E-state index is 5.75. The van der Waals surface area contributed by atoms with E-state index in [2.05, 4.69) is 0 Å². The lowest BCUT2D eigenvalue weighted by Gasteiger charge is -2.30. The largest absolute Gasteiger partial charge is 0.316 e. The highest BCUT2D eigenvalue weighted by molar-refractivity contribution is 4.99. The van der Waals surface area contributed by atoms with Crippen LogP contribution in [0.2, 0.25) is 0 Å². The van der Waals surface area contributed by atoms with Gasteiger partial charge in [0.1, 0.15) is 0 Å². The summed E-state index contributed by atoms with van der Waals surface area (Å²) in [4.78, 5) is 0. The first kappa shape index (κ1) is 6.62. The average Bonchev–Trinajstić information content (AvgIpc) is 2.45. The molecule has 2 heteroatoms. The molecule has 2 aliphatic carbocycles. The Morgan fingerprint density at radius 3 is 2.00 bits per heavy atom. The van der Waals surface area contributed by atoms with Crippen molar-refractivity contribution < 1.29 is 0 Å². The SMILES string of the molecule is NC(N)C12CCC(CC1)C2. The molecule has 2 nitrogen and oxygen atoms in total. The maximum atomic E-state index is 5.75. The molecule has 58 valence electrons. The zero-order valence-electron chi connectivity index (χ0n) is 6.34. The summed E-state index contributed by atoms with van der Waals surface area (Å²) in [6, 6.07) is 0. The van der Waals surface area contributed by atoms with E-state index in [4.69, 9.17) is 11.5 Å². The normalized spacial score (nSPS) is 45.3. The van der Waals surface area contributed by atoms with Gasteiger partial charge in [-0.05, 0) is 43.4 Å². The van der Waals surface area contributed by atoms with Crippen molar-refractivity contribution in [3.8, 4) is 0 Å². The molecule has 2 saturated carbocycles. The molecule has 0 saturated heterocycles. The molecule has 0 aromatic rings. The van der Waals surface area contributed by atoms with E-state index in [9.17, 15) is 0 Å². The first-order valence-electron chi connectivity index (χ1n) is 4.24. The van der Waals surface area contributed by atoms with E-state index in [0.29, 0.717) is 5.41 Å². The van der Waals surface area contributed by atoms with Gasteiger partial charge in [0.05, 0.1) is 6.17 Å². The topological polar surface area (TPSA) is 52.0 Å². The van der Waals surface area contributed by atoms with E-state index in [-0.39, 0.29) is 6.17 Å². The van der Waals surface area contributed by atoms with Gasteiger partial charge < -0.3 is 11.5 Å². The van der Waals surface area contributed by atoms with Gasteiger partial charge in [0, 0.05) is 0 Å². The van der Waals surface area contributed by atoms with Crippen LogP contribution in [0.5, 0.6) is 0 Å². The van der Waals surface area contributed by atoms with E-state index in [0.717, 1.165) is 5.92 Å². The smallest absolute Gasteiger partial charge is 0.0579 e. The Labute approximate surface area is 62.0 Å². The molecule has 0 radical (unpaired) electrons. The molecule has 0 aliphatic heterocycles. The van der Waals surface area contributed by atoms with Gasteiger partial charge in [0.25, 0.3) is 0 Å². The molecule has 2 rings (SSSR count). The third-order valence-electron chi connectivity index (χ3n) is 3.50. The Bertz CT molecular complexity index is 134. The molecule has 2 bridgehead atoms. The van der Waals surface area contributed by atoms with E-state index in [1.54, 1.807) is 0 Å². The molecule has 2 aliphatic rings. The highest BCUT2D eigenvalue weighted by Crippen LogP contribution is 2.54. The van der Waals surface area contributed by atoms with Crippen LogP contribution in [0.15, 0.2) is 0 Å². The van der Waals surface area contributed by atoms with Crippen LogP contribution in [0.3, 0.4) is 0 Å². The molecule has 4 N–H and O–H groups in total. The van der Waals surface area contributed by atoms with Gasteiger partial charge in [-0.25, -0.2) is 0 Å². The second-order valence-electron chi connectivity index (χ2n) is 4.04. The molecule has 2 fully saturated rings. The minimum atomic E-state index is -0.0556. The van der Waals surface area contributed by atoms with Crippen LogP contribution in [0.4, 0.5) is 0 Å². The Balaban J connectivity index is 2.15. The summed E-state index contributed by atoms with van der Waals surface area (Å²) >= 11 is 0. The predicted molar refractivity (Wildman–Crippen MR) is 41.2 cm³/mol. The molecular formula is C8H16N2. The molecule has 0 heterocycles. The fraction of sp³-hybridized carbons (Fsp3) is 1.00. The van der Waals surface area contributed by atoms with Crippen molar-refractivity contribution in [2.45, 2.75) is 38.3 Å². The second-order valence-corrected chi connectivity index (χ2v) is 4.04. The van der Waals surface area contributed by atoms with Crippen LogP contribution in [0, 0.1) is 11.3 Å². The Hall–Kier alpha value is -0.0800. The standard InChI is InChI=1S/C8H16N2/c9-7(10)8-3-1-6(5-8)2-4-8/h6-7H,1-5,9-10H2. The summed E-state index contributed by atoms with van der Waals surface area (Å²) in [6.07, 6.45) is 6.59. The molecular weight excluding hydrogens is 124 g/mol. The Morgan fingerprint density at radius 1 is 1.20 bits per heavy atom. The van der Waals surface area contributed by atoms with E-state index >= 15 is 0 Å². The zero-order valence-corrected chi connectivity index (χ0v) is 6.34. The highest BCUT2D eigenvalue weighted by atomic mass is 14.9. The molecule has 0 spiro atoms. The van der Waals surface area contributed by atoms with Crippen LogP contribution in [-0.2, 0) is 0 Å². The van der Waals surface area contributed by atoms with E-state index < -0.39 is 0 Å². The van der Waals surface area contributed by atoms with Crippen molar-refractivity contribution in [2.75, 3.05) is 0 Å². The Kier molecular flexibility index (Phi) is 1.29. The van der Waals surface area contributed by atoms with Crippen molar-refractivity contribution in [3.05, 3.63) is 0 Å². The van der Waals surface area contributed by atoms with Crippen LogP contribution < -0.4 is 11.5 Å². The van der Waals surface area contributed by atoms with Crippen molar-refractivity contribution in [2.24, 2.45) is 22.8 Å². The van der Waals surface area contributed by atoms with Gasteiger partial charge in [-0.2, -0.15) is 0 Å². The summed E-state index contributed by atoms with van der Waals surface area (Å²) in [5.41, 5.74) is 11.9. The molecule has 0 aromatic carbocycles. The first-order chi connectivity index (χ1) is 4.73. The average molecular weight is 140 g/mol. The fourth-order valence-electron chi connectivity index (χ4n) is 2.71. The van der Waals surface area contributed by atoms with Gasteiger partial charge in [-0.3, -0.25) is 0 Å². The number of fused-ring (bicyclic) bond motifs is 2. The number of hydrogen-bond acceptors (Lipinski definition) is 2. The van der Waals surface area contributed by atoms with Gasteiger partial charge in [-0.1, -0.05) is 0 Å². The maximum Gasteiger partial charge on any atom is 0.0579 e. The van der Waals surface area contributed by atoms with Gasteiger partial charge in [0.2, 0.25) is 0 Å². The lowest BCUT2D eigenvalue weighted by Crippen LogP contribution is -2.45.